The number of fused-ring (bicyclic) bond motifs is 1. The Balaban J connectivity index is 0.00000231. The summed E-state index contributed by atoms with van der Waals surface area (Å²) >= 11 is 0. The molecule has 5 nitrogen and oxygen atoms in total. The molecule has 158 valence electrons. The molecule has 5 rings (SSSR count). The standard InChI is InChI=1S/C25H24N4O.ClH/c1-27-22-12-6-5-11-21(22)23(24(27)19-8-3-2-4-9-19)25(30)29-16-14-28(15-17-29)20-10-7-13-26-18-20;/h2-13,18H,14-17H2,1H3;1H. The van der Waals surface area contributed by atoms with E-state index in [9.17, 15) is 4.79 Å². The van der Waals surface area contributed by atoms with Gasteiger partial charge in [-0.15, -0.1) is 12.4 Å². The highest BCUT2D eigenvalue weighted by molar-refractivity contribution is 6.12. The number of rotatable bonds is 3. The first-order chi connectivity index (χ1) is 14.7. The molecular formula is C25H25ClN4O. The van der Waals surface area contributed by atoms with E-state index in [4.69, 9.17) is 0 Å². The van der Waals surface area contributed by atoms with Crippen LogP contribution in [0.25, 0.3) is 22.2 Å². The molecule has 3 heterocycles. The van der Waals surface area contributed by atoms with Crippen LogP contribution in [0.3, 0.4) is 0 Å². The lowest BCUT2D eigenvalue weighted by atomic mass is 10.0. The summed E-state index contributed by atoms with van der Waals surface area (Å²) in [5.74, 6) is 0.108. The normalized spacial score (nSPS) is 13.8. The van der Waals surface area contributed by atoms with Crippen molar-refractivity contribution in [3.05, 3.63) is 84.7 Å². The van der Waals surface area contributed by atoms with Gasteiger partial charge in [-0.3, -0.25) is 9.78 Å². The molecule has 0 unspecified atom stereocenters. The van der Waals surface area contributed by atoms with E-state index in [1.54, 1.807) is 6.20 Å². The van der Waals surface area contributed by atoms with E-state index in [0.29, 0.717) is 13.1 Å². The first-order valence-corrected chi connectivity index (χ1v) is 10.3. The van der Waals surface area contributed by atoms with Crippen LogP contribution in [0.1, 0.15) is 10.4 Å². The number of pyridine rings is 1. The first kappa shape index (κ1) is 20.9. The van der Waals surface area contributed by atoms with Gasteiger partial charge in [0, 0.05) is 50.3 Å². The number of amides is 1. The fourth-order valence-corrected chi connectivity index (χ4v) is 4.41. The molecule has 6 heteroatoms. The van der Waals surface area contributed by atoms with Gasteiger partial charge in [0.1, 0.15) is 0 Å². The van der Waals surface area contributed by atoms with Gasteiger partial charge in [0.2, 0.25) is 0 Å². The van der Waals surface area contributed by atoms with Gasteiger partial charge >= 0.3 is 0 Å². The van der Waals surface area contributed by atoms with Gasteiger partial charge in [0.15, 0.2) is 0 Å². The topological polar surface area (TPSA) is 41.4 Å². The Morgan fingerprint density at radius 2 is 1.58 bits per heavy atom. The molecule has 1 amide bonds. The number of aromatic nitrogens is 2. The Morgan fingerprint density at radius 1 is 0.871 bits per heavy atom. The summed E-state index contributed by atoms with van der Waals surface area (Å²) in [6, 6.07) is 22.4. The van der Waals surface area contributed by atoms with Crippen LogP contribution >= 0.6 is 12.4 Å². The summed E-state index contributed by atoms with van der Waals surface area (Å²) in [5.41, 5.74) is 5.03. The smallest absolute Gasteiger partial charge is 0.256 e. The van der Waals surface area contributed by atoms with Crippen molar-refractivity contribution >= 4 is 34.9 Å². The molecule has 0 N–H and O–H groups in total. The van der Waals surface area contributed by atoms with Crippen molar-refractivity contribution in [3.63, 3.8) is 0 Å². The van der Waals surface area contributed by atoms with Gasteiger partial charge < -0.3 is 14.4 Å². The highest BCUT2D eigenvalue weighted by atomic mass is 35.5. The predicted octanol–water partition coefficient (Wildman–Crippen LogP) is 4.62. The van der Waals surface area contributed by atoms with Crippen molar-refractivity contribution in [2.75, 3.05) is 31.1 Å². The average molecular weight is 433 g/mol. The van der Waals surface area contributed by atoms with E-state index in [0.717, 1.165) is 46.5 Å². The van der Waals surface area contributed by atoms with Crippen LogP contribution in [0.15, 0.2) is 79.1 Å². The van der Waals surface area contributed by atoms with Crippen LogP contribution in [-0.2, 0) is 7.05 Å². The minimum Gasteiger partial charge on any atom is -0.367 e. The highest BCUT2D eigenvalue weighted by Gasteiger charge is 2.28. The molecule has 0 bridgehead atoms. The summed E-state index contributed by atoms with van der Waals surface area (Å²) in [7, 11) is 2.04. The fourth-order valence-electron chi connectivity index (χ4n) is 4.41. The number of aryl methyl sites for hydroxylation is 1. The Labute approximate surface area is 188 Å². The average Bonchev–Trinajstić information content (AvgIpc) is 3.12. The highest BCUT2D eigenvalue weighted by Crippen LogP contribution is 2.34. The third-order valence-electron chi connectivity index (χ3n) is 5.95. The number of nitrogens with zero attached hydrogens (tertiary/aromatic N) is 4. The number of carbonyl (C=O) groups excluding carboxylic acids is 1. The number of piperazine rings is 1. The zero-order valence-corrected chi connectivity index (χ0v) is 18.3. The van der Waals surface area contributed by atoms with E-state index in [1.807, 2.05) is 54.5 Å². The van der Waals surface area contributed by atoms with Crippen molar-refractivity contribution in [1.82, 2.24) is 14.5 Å². The molecule has 1 fully saturated rings. The van der Waals surface area contributed by atoms with Crippen LogP contribution < -0.4 is 4.90 Å². The maximum absolute atomic E-state index is 13.7. The predicted molar refractivity (Wildman–Crippen MR) is 128 cm³/mol. The Morgan fingerprint density at radius 3 is 2.29 bits per heavy atom. The number of para-hydroxylation sites is 1. The van der Waals surface area contributed by atoms with Crippen LogP contribution in [0.4, 0.5) is 5.69 Å². The van der Waals surface area contributed by atoms with Crippen molar-refractivity contribution < 1.29 is 4.79 Å². The number of halogens is 1. The van der Waals surface area contributed by atoms with Crippen LogP contribution in [0, 0.1) is 0 Å². The van der Waals surface area contributed by atoms with Gasteiger partial charge in [-0.2, -0.15) is 0 Å². The molecule has 1 saturated heterocycles. The Bertz CT molecular complexity index is 1180. The second kappa shape index (κ2) is 8.82. The van der Waals surface area contributed by atoms with Crippen LogP contribution in [0.2, 0.25) is 0 Å². The minimum atomic E-state index is 0. The molecule has 31 heavy (non-hydrogen) atoms. The fraction of sp³-hybridized carbons (Fsp3) is 0.200. The lowest BCUT2D eigenvalue weighted by Gasteiger charge is -2.36. The third-order valence-corrected chi connectivity index (χ3v) is 5.95. The second-order valence-electron chi connectivity index (χ2n) is 7.66. The largest absolute Gasteiger partial charge is 0.367 e. The van der Waals surface area contributed by atoms with Crippen LogP contribution in [-0.4, -0.2) is 46.5 Å². The number of benzene rings is 2. The summed E-state index contributed by atoms with van der Waals surface area (Å²) in [6.07, 6.45) is 3.67. The van der Waals surface area contributed by atoms with E-state index in [-0.39, 0.29) is 18.3 Å². The monoisotopic (exact) mass is 432 g/mol. The molecule has 4 aromatic rings. The summed E-state index contributed by atoms with van der Waals surface area (Å²) in [5, 5.41) is 1.01. The van der Waals surface area contributed by atoms with Gasteiger partial charge in [0.25, 0.3) is 5.91 Å². The van der Waals surface area contributed by atoms with Gasteiger partial charge in [-0.25, -0.2) is 0 Å². The van der Waals surface area contributed by atoms with Gasteiger partial charge in [0.05, 0.1) is 23.1 Å². The van der Waals surface area contributed by atoms with Crippen molar-refractivity contribution in [2.24, 2.45) is 7.05 Å². The van der Waals surface area contributed by atoms with Gasteiger partial charge in [-0.05, 0) is 23.8 Å². The lowest BCUT2D eigenvalue weighted by molar-refractivity contribution is 0.0749. The zero-order chi connectivity index (χ0) is 20.5. The van der Waals surface area contributed by atoms with Crippen molar-refractivity contribution in [1.29, 1.82) is 0 Å². The van der Waals surface area contributed by atoms with E-state index < -0.39 is 0 Å². The molecule has 1 aliphatic rings. The molecule has 2 aromatic carbocycles. The minimum absolute atomic E-state index is 0. The van der Waals surface area contributed by atoms with Gasteiger partial charge in [-0.1, -0.05) is 48.5 Å². The molecular weight excluding hydrogens is 408 g/mol. The molecule has 0 radical (unpaired) electrons. The Kier molecular flexibility index (Phi) is 5.96. The lowest BCUT2D eigenvalue weighted by Crippen LogP contribution is -2.48. The van der Waals surface area contributed by atoms with E-state index in [1.165, 1.54) is 0 Å². The van der Waals surface area contributed by atoms with Crippen molar-refractivity contribution in [3.8, 4) is 11.3 Å². The summed E-state index contributed by atoms with van der Waals surface area (Å²) in [6.45, 7) is 3.02. The quantitative estimate of drug-likeness (QED) is 0.474. The van der Waals surface area contributed by atoms with E-state index >= 15 is 0 Å². The molecule has 2 aromatic heterocycles. The van der Waals surface area contributed by atoms with E-state index in [2.05, 4.69) is 44.8 Å². The third kappa shape index (κ3) is 3.77. The maximum atomic E-state index is 13.7. The van der Waals surface area contributed by atoms with Crippen LogP contribution in [0.5, 0.6) is 0 Å². The maximum Gasteiger partial charge on any atom is 0.256 e. The Hall–Kier alpha value is -3.31. The molecule has 1 aliphatic heterocycles. The summed E-state index contributed by atoms with van der Waals surface area (Å²) < 4.78 is 2.14. The molecule has 0 atom stereocenters. The number of anilines is 1. The number of hydrogen-bond acceptors (Lipinski definition) is 3. The zero-order valence-electron chi connectivity index (χ0n) is 17.4. The number of carbonyl (C=O) groups is 1. The first-order valence-electron chi connectivity index (χ1n) is 10.3. The molecule has 0 saturated carbocycles. The molecule has 0 aliphatic carbocycles. The number of hydrogen-bond donors (Lipinski definition) is 0. The SMILES string of the molecule is Cl.Cn1c(-c2ccccc2)c(C(=O)N2CCN(c3cccnc3)CC2)c2ccccc21. The van der Waals surface area contributed by atoms with Crippen molar-refractivity contribution in [2.45, 2.75) is 0 Å². The summed E-state index contributed by atoms with van der Waals surface area (Å²) in [4.78, 5) is 22.2. The molecule has 0 spiro atoms. The second-order valence-corrected chi connectivity index (χ2v) is 7.66.